The van der Waals surface area contributed by atoms with Crippen LogP contribution in [0.25, 0.3) is 0 Å². The number of nitrogens with one attached hydrogen (secondary N) is 1. The largest absolute Gasteiger partial charge is 0.301 e. The second-order valence-electron chi connectivity index (χ2n) is 8.97. The standard InChI is InChI=1S/C22H27NO2/c1-4-5-13-12-16-20(23)17(24)9-11-21(16,2)15-8-10-22(3)14(19(13)15)6-7-18(22)25/h12,14-16,19,23H,6-11H2,1-3H3/t14-,15-,16?,19-,21+,22-/m0/s1. The number of Topliss-reactive ketones (excluding diaryl/α,β-unsaturated/α-hetero) is 2. The third-order valence-electron chi connectivity index (χ3n) is 8.01. The Bertz CT molecular complexity index is 767. The van der Waals surface area contributed by atoms with Crippen LogP contribution in [-0.4, -0.2) is 17.3 Å². The monoisotopic (exact) mass is 337 g/mol. The molecule has 132 valence electrons. The van der Waals surface area contributed by atoms with Gasteiger partial charge in [0.2, 0.25) is 0 Å². The average molecular weight is 337 g/mol. The quantitative estimate of drug-likeness (QED) is 0.680. The first-order valence-electron chi connectivity index (χ1n) is 9.62. The van der Waals surface area contributed by atoms with E-state index in [1.807, 2.05) is 6.92 Å². The number of allylic oxidation sites excluding steroid dienone is 2. The average Bonchev–Trinajstić information content (AvgIpc) is 2.89. The van der Waals surface area contributed by atoms with Crippen molar-refractivity contribution in [3.05, 3.63) is 11.6 Å². The smallest absolute Gasteiger partial charge is 0.176 e. The van der Waals surface area contributed by atoms with Crippen molar-refractivity contribution in [2.45, 2.75) is 59.3 Å². The lowest BCUT2D eigenvalue weighted by Crippen LogP contribution is -2.55. The number of ketones is 2. The Kier molecular flexibility index (Phi) is 3.62. The van der Waals surface area contributed by atoms with E-state index in [-0.39, 0.29) is 28.2 Å². The fourth-order valence-electron chi connectivity index (χ4n) is 6.51. The van der Waals surface area contributed by atoms with Crippen LogP contribution in [0.4, 0.5) is 0 Å². The molecule has 3 heteroatoms. The van der Waals surface area contributed by atoms with Crippen LogP contribution in [0, 0.1) is 51.8 Å². The summed E-state index contributed by atoms with van der Waals surface area (Å²) in [4.78, 5) is 24.8. The minimum atomic E-state index is -0.198. The summed E-state index contributed by atoms with van der Waals surface area (Å²) in [6.07, 6.45) is 7.13. The van der Waals surface area contributed by atoms with Crippen molar-refractivity contribution < 1.29 is 9.59 Å². The van der Waals surface area contributed by atoms with Gasteiger partial charge in [-0.25, -0.2) is 0 Å². The zero-order valence-electron chi connectivity index (χ0n) is 15.4. The van der Waals surface area contributed by atoms with Crippen molar-refractivity contribution in [2.24, 2.45) is 34.5 Å². The Balaban J connectivity index is 1.86. The second kappa shape index (κ2) is 5.40. The SMILES string of the molecule is CC#CC1=CC2C(=N)C(=O)CC[C@]2(C)[C@H]2CC[C@]3(C)C(=O)CC[C@H]3[C@H]12. The molecule has 0 aromatic carbocycles. The predicted molar refractivity (Wildman–Crippen MR) is 97.1 cm³/mol. The molecule has 0 heterocycles. The molecule has 1 N–H and O–H groups in total. The summed E-state index contributed by atoms with van der Waals surface area (Å²) in [5.41, 5.74) is 1.14. The van der Waals surface area contributed by atoms with E-state index in [2.05, 4.69) is 31.8 Å². The Labute approximate surface area is 150 Å². The van der Waals surface area contributed by atoms with E-state index in [4.69, 9.17) is 5.41 Å². The van der Waals surface area contributed by atoms with Crippen molar-refractivity contribution in [3.63, 3.8) is 0 Å². The topological polar surface area (TPSA) is 58.0 Å². The maximum atomic E-state index is 12.6. The molecule has 3 nitrogen and oxygen atoms in total. The van der Waals surface area contributed by atoms with E-state index in [0.29, 0.717) is 36.4 Å². The first-order chi connectivity index (χ1) is 11.8. The van der Waals surface area contributed by atoms with E-state index in [1.54, 1.807) is 0 Å². The van der Waals surface area contributed by atoms with Crippen LogP contribution in [0.2, 0.25) is 0 Å². The molecule has 0 amide bonds. The van der Waals surface area contributed by atoms with Gasteiger partial charge in [-0.3, -0.25) is 9.59 Å². The van der Waals surface area contributed by atoms with E-state index in [1.165, 1.54) is 0 Å². The normalized spacial score (nSPS) is 45.7. The number of hydrogen-bond donors (Lipinski definition) is 1. The summed E-state index contributed by atoms with van der Waals surface area (Å²) in [5.74, 6) is 7.79. The Morgan fingerprint density at radius 2 is 1.88 bits per heavy atom. The molecular weight excluding hydrogens is 310 g/mol. The highest BCUT2D eigenvalue weighted by atomic mass is 16.1. The first kappa shape index (κ1) is 16.8. The summed E-state index contributed by atoms with van der Waals surface area (Å²) in [6, 6.07) is 0. The number of fused-ring (bicyclic) bond motifs is 5. The fourth-order valence-corrected chi connectivity index (χ4v) is 6.51. The minimum absolute atomic E-state index is 0.00215. The minimum Gasteiger partial charge on any atom is -0.301 e. The molecule has 3 fully saturated rings. The molecule has 4 aliphatic rings. The Hall–Kier alpha value is -1.69. The van der Waals surface area contributed by atoms with Crippen molar-refractivity contribution in [1.82, 2.24) is 0 Å². The van der Waals surface area contributed by atoms with Crippen LogP contribution in [0.5, 0.6) is 0 Å². The summed E-state index contributed by atoms with van der Waals surface area (Å²) in [6.45, 7) is 6.30. The molecule has 0 aliphatic heterocycles. The third kappa shape index (κ3) is 2.09. The van der Waals surface area contributed by atoms with Gasteiger partial charge in [0.05, 0.1) is 5.71 Å². The summed E-state index contributed by atoms with van der Waals surface area (Å²) in [7, 11) is 0. The zero-order chi connectivity index (χ0) is 18.0. The van der Waals surface area contributed by atoms with Crippen LogP contribution >= 0.6 is 0 Å². The van der Waals surface area contributed by atoms with Gasteiger partial charge in [0.1, 0.15) is 5.78 Å². The maximum absolute atomic E-state index is 12.6. The van der Waals surface area contributed by atoms with E-state index in [0.717, 1.165) is 31.3 Å². The highest BCUT2D eigenvalue weighted by Gasteiger charge is 2.61. The lowest BCUT2D eigenvalue weighted by atomic mass is 9.45. The van der Waals surface area contributed by atoms with E-state index in [9.17, 15) is 9.59 Å². The van der Waals surface area contributed by atoms with Crippen molar-refractivity contribution in [3.8, 4) is 11.8 Å². The predicted octanol–water partition coefficient (Wildman–Crippen LogP) is 3.97. The molecule has 0 spiro atoms. The molecular formula is C22H27NO2. The molecule has 3 saturated carbocycles. The second-order valence-corrected chi connectivity index (χ2v) is 8.97. The van der Waals surface area contributed by atoms with E-state index >= 15 is 0 Å². The summed E-state index contributed by atoms with van der Waals surface area (Å²) < 4.78 is 0. The van der Waals surface area contributed by atoms with Gasteiger partial charge in [-0.05, 0) is 55.8 Å². The zero-order valence-corrected chi connectivity index (χ0v) is 15.4. The van der Waals surface area contributed by atoms with Gasteiger partial charge in [-0.2, -0.15) is 0 Å². The number of rotatable bonds is 0. The molecule has 1 unspecified atom stereocenters. The summed E-state index contributed by atoms with van der Waals surface area (Å²) >= 11 is 0. The molecule has 25 heavy (non-hydrogen) atoms. The highest BCUT2D eigenvalue weighted by Crippen LogP contribution is 2.64. The summed E-state index contributed by atoms with van der Waals surface area (Å²) in [5, 5.41) is 8.39. The lowest BCUT2D eigenvalue weighted by Gasteiger charge is -2.57. The molecule has 0 aromatic rings. The van der Waals surface area contributed by atoms with Crippen LogP contribution in [0.3, 0.4) is 0 Å². The van der Waals surface area contributed by atoms with Gasteiger partial charge in [-0.15, -0.1) is 5.92 Å². The van der Waals surface area contributed by atoms with Crippen LogP contribution < -0.4 is 0 Å². The molecule has 4 rings (SSSR count). The molecule has 4 aliphatic carbocycles. The van der Waals surface area contributed by atoms with Gasteiger partial charge < -0.3 is 5.41 Å². The van der Waals surface area contributed by atoms with Crippen LogP contribution in [-0.2, 0) is 9.59 Å². The molecule has 0 bridgehead atoms. The maximum Gasteiger partial charge on any atom is 0.176 e. The molecule has 6 atom stereocenters. The fraction of sp³-hybridized carbons (Fsp3) is 0.682. The lowest BCUT2D eigenvalue weighted by molar-refractivity contribution is -0.131. The van der Waals surface area contributed by atoms with Crippen molar-refractivity contribution >= 4 is 17.3 Å². The van der Waals surface area contributed by atoms with Crippen molar-refractivity contribution in [2.75, 3.05) is 0 Å². The molecule has 0 saturated heterocycles. The Morgan fingerprint density at radius 3 is 2.60 bits per heavy atom. The third-order valence-corrected chi connectivity index (χ3v) is 8.01. The number of hydrogen-bond acceptors (Lipinski definition) is 3. The van der Waals surface area contributed by atoms with Gasteiger partial charge in [0.25, 0.3) is 0 Å². The van der Waals surface area contributed by atoms with Gasteiger partial charge >= 0.3 is 0 Å². The number of carbonyl (C=O) groups excluding carboxylic acids is 2. The van der Waals surface area contributed by atoms with E-state index < -0.39 is 0 Å². The molecule has 0 radical (unpaired) electrons. The van der Waals surface area contributed by atoms with Crippen LogP contribution in [0.1, 0.15) is 59.3 Å². The van der Waals surface area contributed by atoms with Gasteiger partial charge in [0.15, 0.2) is 5.78 Å². The Morgan fingerprint density at radius 1 is 1.12 bits per heavy atom. The van der Waals surface area contributed by atoms with Gasteiger partial charge in [0, 0.05) is 29.7 Å². The van der Waals surface area contributed by atoms with Crippen molar-refractivity contribution in [1.29, 1.82) is 5.41 Å². The highest BCUT2D eigenvalue weighted by molar-refractivity contribution is 6.40. The first-order valence-corrected chi connectivity index (χ1v) is 9.62. The van der Waals surface area contributed by atoms with Gasteiger partial charge in [-0.1, -0.05) is 25.8 Å². The van der Waals surface area contributed by atoms with Crippen LogP contribution in [0.15, 0.2) is 11.6 Å². The molecule has 0 aromatic heterocycles. The number of carbonyl (C=O) groups is 2.